The molecule has 17 heavy (non-hydrogen) atoms. The van der Waals surface area contributed by atoms with E-state index in [1.165, 1.54) is 5.57 Å². The molecule has 0 fully saturated rings. The van der Waals surface area contributed by atoms with E-state index in [0.29, 0.717) is 13.0 Å². The zero-order valence-electron chi connectivity index (χ0n) is 11.9. The molecule has 1 N–H and O–H groups in total. The van der Waals surface area contributed by atoms with Crippen LogP contribution < -0.4 is 0 Å². The molecule has 0 bridgehead atoms. The van der Waals surface area contributed by atoms with E-state index in [2.05, 4.69) is 33.4 Å². The lowest BCUT2D eigenvalue weighted by molar-refractivity contribution is -0.0500. The second kappa shape index (κ2) is 8.48. The van der Waals surface area contributed by atoms with E-state index in [1.54, 1.807) is 0 Å². The molecule has 0 aromatic carbocycles. The van der Waals surface area contributed by atoms with Crippen molar-refractivity contribution in [3.8, 4) is 0 Å². The number of hydrogen-bond acceptors (Lipinski definition) is 2. The van der Waals surface area contributed by atoms with E-state index in [0.717, 1.165) is 24.8 Å². The molecule has 0 saturated carbocycles. The van der Waals surface area contributed by atoms with Gasteiger partial charge in [-0.3, -0.25) is 0 Å². The summed E-state index contributed by atoms with van der Waals surface area (Å²) in [5, 5.41) is 9.11. The van der Waals surface area contributed by atoms with Crippen LogP contribution in [0.3, 0.4) is 0 Å². The largest absolute Gasteiger partial charge is 0.396 e. The number of aliphatic hydroxyl groups excluding tert-OH is 1. The lowest BCUT2D eigenvalue weighted by Crippen LogP contribution is -2.30. The molecule has 2 nitrogen and oxygen atoms in total. The van der Waals surface area contributed by atoms with Crippen molar-refractivity contribution in [3.63, 3.8) is 0 Å². The maximum Gasteiger partial charge on any atom is 0.0679 e. The monoisotopic (exact) mass is 240 g/mol. The number of aliphatic hydroxyl groups is 1. The molecule has 0 aliphatic heterocycles. The van der Waals surface area contributed by atoms with Gasteiger partial charge in [0.1, 0.15) is 0 Å². The van der Waals surface area contributed by atoms with Gasteiger partial charge in [0.2, 0.25) is 0 Å². The van der Waals surface area contributed by atoms with Crippen LogP contribution in [0.4, 0.5) is 0 Å². The Morgan fingerprint density at radius 1 is 1.29 bits per heavy atom. The van der Waals surface area contributed by atoms with Gasteiger partial charge in [-0.05, 0) is 53.4 Å². The molecule has 1 unspecified atom stereocenters. The Bertz CT molecular complexity index is 252. The molecule has 0 aromatic rings. The average Bonchev–Trinajstić information content (AvgIpc) is 2.16. The summed E-state index contributed by atoms with van der Waals surface area (Å²) in [7, 11) is 0. The van der Waals surface area contributed by atoms with Crippen LogP contribution in [0, 0.1) is 0 Å². The van der Waals surface area contributed by atoms with Crippen molar-refractivity contribution in [3.05, 3.63) is 23.8 Å². The van der Waals surface area contributed by atoms with Crippen LogP contribution in [0.1, 0.15) is 53.4 Å². The quantitative estimate of drug-likeness (QED) is 0.620. The van der Waals surface area contributed by atoms with Gasteiger partial charge in [-0.15, -0.1) is 6.58 Å². The minimum Gasteiger partial charge on any atom is -0.396 e. The first-order valence-corrected chi connectivity index (χ1v) is 6.42. The Labute approximate surface area is 106 Å². The molecular formula is C15H28O2. The lowest BCUT2D eigenvalue weighted by Gasteiger charge is -2.29. The summed E-state index contributed by atoms with van der Waals surface area (Å²) in [5.74, 6) is 0. The van der Waals surface area contributed by atoms with Crippen LogP contribution in [-0.2, 0) is 4.74 Å². The first kappa shape index (κ1) is 16.4. The maximum atomic E-state index is 9.11. The molecular weight excluding hydrogens is 212 g/mol. The minimum absolute atomic E-state index is 0.179. The number of rotatable bonds is 9. The minimum atomic E-state index is -0.212. The average molecular weight is 240 g/mol. The van der Waals surface area contributed by atoms with Crippen molar-refractivity contribution in [2.45, 2.75) is 59.0 Å². The summed E-state index contributed by atoms with van der Waals surface area (Å²) < 4.78 is 5.91. The van der Waals surface area contributed by atoms with Crippen LogP contribution in [-0.4, -0.2) is 23.9 Å². The van der Waals surface area contributed by atoms with Gasteiger partial charge in [-0.25, -0.2) is 0 Å². The van der Waals surface area contributed by atoms with E-state index < -0.39 is 0 Å². The van der Waals surface area contributed by atoms with E-state index in [-0.39, 0.29) is 12.2 Å². The highest BCUT2D eigenvalue weighted by Gasteiger charge is 2.23. The molecule has 0 rings (SSSR count). The highest BCUT2D eigenvalue weighted by Crippen LogP contribution is 2.23. The summed E-state index contributed by atoms with van der Waals surface area (Å²) in [6.07, 6.45) is 5.77. The molecule has 0 aliphatic rings. The van der Waals surface area contributed by atoms with E-state index in [1.807, 2.05) is 6.92 Å². The third-order valence-corrected chi connectivity index (χ3v) is 2.85. The number of hydrogen-bond donors (Lipinski definition) is 1. The Kier molecular flexibility index (Phi) is 8.19. The summed E-state index contributed by atoms with van der Waals surface area (Å²) in [4.78, 5) is 0. The van der Waals surface area contributed by atoms with Crippen LogP contribution in [0.2, 0.25) is 0 Å². The fraction of sp³-hybridized carbons (Fsp3) is 0.733. The van der Waals surface area contributed by atoms with Gasteiger partial charge in [0.25, 0.3) is 0 Å². The molecule has 1 atom stereocenters. The smallest absolute Gasteiger partial charge is 0.0679 e. The predicted molar refractivity (Wildman–Crippen MR) is 74.2 cm³/mol. The highest BCUT2D eigenvalue weighted by molar-refractivity contribution is 4.94. The van der Waals surface area contributed by atoms with Gasteiger partial charge in [0, 0.05) is 6.61 Å². The zero-order chi connectivity index (χ0) is 13.3. The SMILES string of the molecule is C=C(C)CCOC(C)(CCO)CCC=C(C)C. The highest BCUT2D eigenvalue weighted by atomic mass is 16.5. The van der Waals surface area contributed by atoms with Crippen molar-refractivity contribution >= 4 is 0 Å². The van der Waals surface area contributed by atoms with Gasteiger partial charge in [-0.1, -0.05) is 17.2 Å². The fourth-order valence-electron chi connectivity index (χ4n) is 1.64. The molecule has 0 heterocycles. The molecule has 0 radical (unpaired) electrons. The van der Waals surface area contributed by atoms with Crippen LogP contribution in [0.25, 0.3) is 0 Å². The van der Waals surface area contributed by atoms with Crippen molar-refractivity contribution in [1.29, 1.82) is 0 Å². The molecule has 100 valence electrons. The standard InChI is InChI=1S/C15H28O2/c1-13(2)7-6-9-15(5,10-11-16)17-12-8-14(3)4/h7,16H,3,6,8-12H2,1-2,4-5H3. The summed E-state index contributed by atoms with van der Waals surface area (Å²) >= 11 is 0. The Hall–Kier alpha value is -0.600. The van der Waals surface area contributed by atoms with Crippen molar-refractivity contribution in [2.24, 2.45) is 0 Å². The first-order valence-electron chi connectivity index (χ1n) is 6.42. The third kappa shape index (κ3) is 9.13. The molecule has 2 heteroatoms. The van der Waals surface area contributed by atoms with Crippen LogP contribution >= 0.6 is 0 Å². The van der Waals surface area contributed by atoms with Crippen LogP contribution in [0.15, 0.2) is 23.8 Å². The number of allylic oxidation sites excluding steroid dienone is 2. The molecule has 0 aliphatic carbocycles. The van der Waals surface area contributed by atoms with Crippen molar-refractivity contribution < 1.29 is 9.84 Å². The van der Waals surface area contributed by atoms with Crippen molar-refractivity contribution in [1.82, 2.24) is 0 Å². The second-order valence-electron chi connectivity index (χ2n) is 5.30. The summed E-state index contributed by atoms with van der Waals surface area (Å²) in [6.45, 7) is 13.0. The van der Waals surface area contributed by atoms with Gasteiger partial charge in [0.15, 0.2) is 0 Å². The molecule has 0 aromatic heterocycles. The Morgan fingerprint density at radius 3 is 2.41 bits per heavy atom. The maximum absolute atomic E-state index is 9.11. The second-order valence-corrected chi connectivity index (χ2v) is 5.30. The van der Waals surface area contributed by atoms with Gasteiger partial charge in [-0.2, -0.15) is 0 Å². The fourth-order valence-corrected chi connectivity index (χ4v) is 1.64. The normalized spacial score (nSPS) is 14.2. The van der Waals surface area contributed by atoms with Crippen molar-refractivity contribution in [2.75, 3.05) is 13.2 Å². The molecule has 0 amide bonds. The third-order valence-electron chi connectivity index (χ3n) is 2.85. The molecule has 0 saturated heterocycles. The van der Waals surface area contributed by atoms with Gasteiger partial charge in [0.05, 0.1) is 12.2 Å². The Balaban J connectivity index is 4.14. The number of ether oxygens (including phenoxy) is 1. The Morgan fingerprint density at radius 2 is 1.94 bits per heavy atom. The topological polar surface area (TPSA) is 29.5 Å². The zero-order valence-corrected chi connectivity index (χ0v) is 11.9. The van der Waals surface area contributed by atoms with E-state index in [9.17, 15) is 0 Å². The predicted octanol–water partition coefficient (Wildman–Crippen LogP) is 3.86. The lowest BCUT2D eigenvalue weighted by atomic mass is 9.95. The van der Waals surface area contributed by atoms with Gasteiger partial charge >= 0.3 is 0 Å². The van der Waals surface area contributed by atoms with E-state index in [4.69, 9.17) is 9.84 Å². The van der Waals surface area contributed by atoms with Crippen LogP contribution in [0.5, 0.6) is 0 Å². The molecule has 0 spiro atoms. The van der Waals surface area contributed by atoms with E-state index >= 15 is 0 Å². The van der Waals surface area contributed by atoms with Gasteiger partial charge < -0.3 is 9.84 Å². The summed E-state index contributed by atoms with van der Waals surface area (Å²) in [5.41, 5.74) is 2.26. The first-order chi connectivity index (χ1) is 7.89. The summed E-state index contributed by atoms with van der Waals surface area (Å²) in [6, 6.07) is 0.